The van der Waals surface area contributed by atoms with Crippen LogP contribution < -0.4 is 14.2 Å². The molecule has 3 atom stereocenters. The molecular formula is C36H39NO6. The number of esters is 1. The summed E-state index contributed by atoms with van der Waals surface area (Å²) in [6, 6.07) is 23.4. The summed E-state index contributed by atoms with van der Waals surface area (Å²) < 4.78 is 22.8. The van der Waals surface area contributed by atoms with Crippen molar-refractivity contribution in [2.45, 2.75) is 58.0 Å². The van der Waals surface area contributed by atoms with Crippen molar-refractivity contribution in [1.82, 2.24) is 0 Å². The zero-order valence-electron chi connectivity index (χ0n) is 25.3. The van der Waals surface area contributed by atoms with Gasteiger partial charge in [-0.05, 0) is 66.6 Å². The fourth-order valence-corrected chi connectivity index (χ4v) is 6.01. The molecule has 0 saturated carbocycles. The van der Waals surface area contributed by atoms with E-state index in [0.717, 1.165) is 35.2 Å². The number of hydrogen-bond donors (Lipinski definition) is 0. The largest absolute Gasteiger partial charge is 0.493 e. The van der Waals surface area contributed by atoms with Crippen molar-refractivity contribution in [2.75, 3.05) is 20.8 Å². The van der Waals surface area contributed by atoms with Gasteiger partial charge in [0.15, 0.2) is 17.3 Å². The standard InChI is InChI=1S/C36H39NO6/c1-5-6-17-42-36(39)33-23(2)37-29-19-27(25-15-16-31(40-3)32(21-25)41-4)20-30(38)35(29)34(33)26-13-10-14-28(18-26)43-22-24-11-8-7-9-12-24/h7-16,18,21,27,33-34H,5-6,17,19-20,22H2,1-4H3/t27-,33?,34+/m0/s1. The van der Waals surface area contributed by atoms with Crippen LogP contribution in [-0.2, 0) is 20.9 Å². The van der Waals surface area contributed by atoms with E-state index in [1.165, 1.54) is 0 Å². The van der Waals surface area contributed by atoms with Gasteiger partial charge in [-0.25, -0.2) is 0 Å². The van der Waals surface area contributed by atoms with Gasteiger partial charge in [0.05, 0.1) is 20.8 Å². The Balaban J connectivity index is 1.50. The first-order chi connectivity index (χ1) is 20.9. The minimum atomic E-state index is -0.693. The zero-order valence-corrected chi connectivity index (χ0v) is 25.3. The Morgan fingerprint density at radius 3 is 2.44 bits per heavy atom. The van der Waals surface area contributed by atoms with Crippen molar-refractivity contribution in [2.24, 2.45) is 10.9 Å². The Morgan fingerprint density at radius 2 is 1.70 bits per heavy atom. The topological polar surface area (TPSA) is 83.4 Å². The molecule has 1 heterocycles. The summed E-state index contributed by atoms with van der Waals surface area (Å²) in [5.41, 5.74) is 4.86. The minimum absolute atomic E-state index is 0.00995. The Labute approximate surface area is 253 Å². The number of carbonyl (C=O) groups is 2. The summed E-state index contributed by atoms with van der Waals surface area (Å²) >= 11 is 0. The highest BCUT2D eigenvalue weighted by atomic mass is 16.5. The molecule has 1 unspecified atom stereocenters. The van der Waals surface area contributed by atoms with Gasteiger partial charge in [0, 0.05) is 29.3 Å². The molecule has 0 spiro atoms. The number of Topliss-reactive ketones (excluding diaryl/α,β-unsaturated/α-hetero) is 1. The van der Waals surface area contributed by atoms with Crippen molar-refractivity contribution in [1.29, 1.82) is 0 Å². The normalized spacial score (nSPS) is 19.8. The van der Waals surface area contributed by atoms with Crippen LogP contribution in [0.4, 0.5) is 0 Å². The van der Waals surface area contributed by atoms with Crippen LogP contribution in [0.3, 0.4) is 0 Å². The number of benzene rings is 3. The molecule has 1 aliphatic heterocycles. The van der Waals surface area contributed by atoms with Gasteiger partial charge in [0.2, 0.25) is 0 Å². The van der Waals surface area contributed by atoms with E-state index in [0.29, 0.717) is 54.6 Å². The second-order valence-electron chi connectivity index (χ2n) is 11.1. The van der Waals surface area contributed by atoms with Gasteiger partial charge in [0.1, 0.15) is 18.3 Å². The van der Waals surface area contributed by atoms with Crippen LogP contribution in [-0.4, -0.2) is 38.3 Å². The average Bonchev–Trinajstić information content (AvgIpc) is 3.03. The van der Waals surface area contributed by atoms with Gasteiger partial charge < -0.3 is 18.9 Å². The molecule has 5 rings (SSSR count). The lowest BCUT2D eigenvalue weighted by Gasteiger charge is -2.36. The molecule has 3 aromatic rings. The number of carbonyl (C=O) groups excluding carboxylic acids is 2. The first-order valence-electron chi connectivity index (χ1n) is 14.9. The number of ether oxygens (including phenoxy) is 4. The third-order valence-corrected chi connectivity index (χ3v) is 8.23. The molecule has 224 valence electrons. The number of hydrogen-bond acceptors (Lipinski definition) is 7. The molecule has 0 fully saturated rings. The number of aliphatic imine (C=N–C) groups is 1. The molecule has 7 nitrogen and oxygen atoms in total. The summed E-state index contributed by atoms with van der Waals surface area (Å²) in [7, 11) is 3.20. The Kier molecular flexibility index (Phi) is 9.60. The fourth-order valence-electron chi connectivity index (χ4n) is 6.01. The van der Waals surface area contributed by atoms with Gasteiger partial charge in [-0.1, -0.05) is 61.9 Å². The van der Waals surface area contributed by atoms with Crippen molar-refractivity contribution < 1.29 is 28.5 Å². The van der Waals surface area contributed by atoms with Crippen LogP contribution in [0.15, 0.2) is 89.1 Å². The molecule has 1 aliphatic carbocycles. The van der Waals surface area contributed by atoms with E-state index in [-0.39, 0.29) is 17.7 Å². The number of ketones is 1. The van der Waals surface area contributed by atoms with Crippen LogP contribution in [0.2, 0.25) is 0 Å². The Hall–Kier alpha value is -4.39. The summed E-state index contributed by atoms with van der Waals surface area (Å²) in [4.78, 5) is 32.5. The van der Waals surface area contributed by atoms with Crippen molar-refractivity contribution >= 4 is 17.5 Å². The quantitative estimate of drug-likeness (QED) is 0.176. The van der Waals surface area contributed by atoms with Gasteiger partial charge in [-0.15, -0.1) is 0 Å². The number of methoxy groups -OCH3 is 2. The van der Waals surface area contributed by atoms with Crippen molar-refractivity contribution in [3.8, 4) is 17.2 Å². The lowest BCUT2D eigenvalue weighted by atomic mass is 9.69. The molecule has 0 N–H and O–H groups in total. The van der Waals surface area contributed by atoms with Gasteiger partial charge in [-0.2, -0.15) is 0 Å². The van der Waals surface area contributed by atoms with Crippen LogP contribution >= 0.6 is 0 Å². The lowest BCUT2D eigenvalue weighted by molar-refractivity contribution is -0.146. The van der Waals surface area contributed by atoms with Crippen LogP contribution in [0.1, 0.15) is 68.1 Å². The highest BCUT2D eigenvalue weighted by molar-refractivity contribution is 6.09. The second-order valence-corrected chi connectivity index (χ2v) is 11.1. The maximum atomic E-state index is 14.0. The van der Waals surface area contributed by atoms with E-state index in [4.69, 9.17) is 23.9 Å². The fraction of sp³-hybridized carbons (Fsp3) is 0.361. The maximum Gasteiger partial charge on any atom is 0.315 e. The summed E-state index contributed by atoms with van der Waals surface area (Å²) in [6.45, 7) is 4.67. The maximum absolute atomic E-state index is 14.0. The van der Waals surface area contributed by atoms with E-state index >= 15 is 0 Å². The predicted octanol–water partition coefficient (Wildman–Crippen LogP) is 7.20. The molecule has 0 bridgehead atoms. The number of unbranched alkanes of at least 4 members (excludes halogenated alkanes) is 1. The highest BCUT2D eigenvalue weighted by Gasteiger charge is 2.45. The number of allylic oxidation sites excluding steroid dienone is 2. The number of rotatable bonds is 11. The Morgan fingerprint density at radius 1 is 0.907 bits per heavy atom. The van der Waals surface area contributed by atoms with Crippen LogP contribution in [0, 0.1) is 5.92 Å². The molecule has 2 aliphatic rings. The van der Waals surface area contributed by atoms with Crippen LogP contribution in [0.5, 0.6) is 17.2 Å². The smallest absolute Gasteiger partial charge is 0.315 e. The molecule has 7 heteroatoms. The van der Waals surface area contributed by atoms with Crippen LogP contribution in [0.25, 0.3) is 0 Å². The highest BCUT2D eigenvalue weighted by Crippen LogP contribution is 2.48. The van der Waals surface area contributed by atoms with Gasteiger partial charge in [-0.3, -0.25) is 14.6 Å². The van der Waals surface area contributed by atoms with E-state index < -0.39 is 11.8 Å². The summed E-state index contributed by atoms with van der Waals surface area (Å²) in [5.74, 6) is 0.294. The monoisotopic (exact) mass is 581 g/mol. The van der Waals surface area contributed by atoms with Gasteiger partial charge in [0.25, 0.3) is 0 Å². The third-order valence-electron chi connectivity index (χ3n) is 8.23. The molecule has 0 saturated heterocycles. The first-order valence-corrected chi connectivity index (χ1v) is 14.9. The summed E-state index contributed by atoms with van der Waals surface area (Å²) in [6.07, 6.45) is 2.58. The number of nitrogens with zero attached hydrogens (tertiary/aromatic N) is 1. The first kappa shape index (κ1) is 30.1. The zero-order chi connectivity index (χ0) is 30.3. The molecule has 43 heavy (non-hydrogen) atoms. The van der Waals surface area contributed by atoms with E-state index in [1.807, 2.05) is 79.7 Å². The molecular weight excluding hydrogens is 542 g/mol. The molecule has 0 radical (unpaired) electrons. The second kappa shape index (κ2) is 13.7. The van der Waals surface area contributed by atoms with E-state index in [9.17, 15) is 9.59 Å². The third kappa shape index (κ3) is 6.66. The summed E-state index contributed by atoms with van der Waals surface area (Å²) in [5, 5.41) is 0. The van der Waals surface area contributed by atoms with Crippen molar-refractivity contribution in [3.63, 3.8) is 0 Å². The minimum Gasteiger partial charge on any atom is -0.493 e. The van der Waals surface area contributed by atoms with E-state index in [2.05, 4.69) is 6.92 Å². The van der Waals surface area contributed by atoms with Crippen molar-refractivity contribution in [3.05, 3.63) is 101 Å². The molecule has 0 aromatic heterocycles. The Bertz CT molecular complexity index is 1530. The van der Waals surface area contributed by atoms with E-state index in [1.54, 1.807) is 14.2 Å². The predicted molar refractivity (Wildman–Crippen MR) is 166 cm³/mol. The molecule has 3 aromatic carbocycles. The SMILES string of the molecule is CCCCOC(=O)C1C(C)=NC2=C(C(=O)C[C@@H](c3ccc(OC)c(OC)c3)C2)[C@@H]1c1cccc(OCc2ccccc2)c1. The average molecular weight is 582 g/mol. The van der Waals surface area contributed by atoms with Gasteiger partial charge >= 0.3 is 5.97 Å². The molecule has 0 amide bonds. The lowest BCUT2D eigenvalue weighted by Crippen LogP contribution is -2.38.